The molecule has 0 N–H and O–H groups in total. The molecule has 0 aromatic carbocycles. The molecule has 1 saturated heterocycles. The Morgan fingerprint density at radius 2 is 2.09 bits per heavy atom. The lowest BCUT2D eigenvalue weighted by molar-refractivity contribution is -0.469. The highest BCUT2D eigenvalue weighted by atomic mass is 17.2. The number of hydrogen-bond donors (Lipinski definition) is 0. The Morgan fingerprint density at radius 3 is 2.64 bits per heavy atom. The van der Waals surface area contributed by atoms with E-state index in [1.54, 1.807) is 14.0 Å². The molecule has 5 nitrogen and oxygen atoms in total. The highest BCUT2D eigenvalue weighted by molar-refractivity contribution is 5.72. The van der Waals surface area contributed by atoms with E-state index in [1.807, 2.05) is 12.2 Å². The predicted octanol–water partition coefficient (Wildman–Crippen LogP) is 3.55. The van der Waals surface area contributed by atoms with E-state index in [9.17, 15) is 4.79 Å². The van der Waals surface area contributed by atoms with E-state index >= 15 is 0 Å². The van der Waals surface area contributed by atoms with Crippen LogP contribution in [-0.2, 0) is 24.0 Å². The average molecular weight is 312 g/mol. The molecule has 1 rings (SSSR count). The van der Waals surface area contributed by atoms with E-state index in [0.717, 1.165) is 12.8 Å². The topological polar surface area (TPSA) is 54.0 Å². The zero-order chi connectivity index (χ0) is 16.4. The molecule has 5 heteroatoms. The number of allylic oxidation sites excluding steroid dienone is 4. The van der Waals surface area contributed by atoms with Gasteiger partial charge in [0.2, 0.25) is 5.79 Å². The molecule has 0 aromatic heterocycles. The quantitative estimate of drug-likeness (QED) is 0.390. The summed E-state index contributed by atoms with van der Waals surface area (Å²) in [6.07, 6.45) is 11.9. The van der Waals surface area contributed by atoms with E-state index in [1.165, 1.54) is 7.11 Å². The van der Waals surface area contributed by atoms with Crippen molar-refractivity contribution in [1.29, 1.82) is 0 Å². The average Bonchev–Trinajstić information content (AvgIpc) is 2.57. The lowest BCUT2D eigenvalue weighted by atomic mass is 9.94. The molecular weight excluding hydrogens is 284 g/mol. The number of carbonyl (C=O) groups excluding carboxylic acids is 1. The van der Waals surface area contributed by atoms with Gasteiger partial charge in [-0.3, -0.25) is 4.79 Å². The summed E-state index contributed by atoms with van der Waals surface area (Å²) in [6.45, 7) is 3.88. The molecule has 126 valence electrons. The Morgan fingerprint density at radius 1 is 1.36 bits per heavy atom. The van der Waals surface area contributed by atoms with Crippen molar-refractivity contribution in [2.75, 3.05) is 14.2 Å². The number of methoxy groups -OCH3 is 2. The second kappa shape index (κ2) is 9.77. The molecule has 0 unspecified atom stereocenters. The number of rotatable bonds is 8. The first-order chi connectivity index (χ1) is 10.6. The summed E-state index contributed by atoms with van der Waals surface area (Å²) in [4.78, 5) is 22.4. The van der Waals surface area contributed by atoms with Gasteiger partial charge < -0.3 is 9.47 Å². The van der Waals surface area contributed by atoms with Crippen molar-refractivity contribution in [3.8, 4) is 0 Å². The molecule has 0 radical (unpaired) electrons. The Balaban J connectivity index is 2.45. The lowest BCUT2D eigenvalue weighted by Crippen LogP contribution is -2.44. The van der Waals surface area contributed by atoms with Gasteiger partial charge in [-0.25, -0.2) is 9.78 Å². The maximum absolute atomic E-state index is 11.5. The molecule has 1 aliphatic heterocycles. The van der Waals surface area contributed by atoms with Crippen LogP contribution in [0.25, 0.3) is 0 Å². The highest BCUT2D eigenvalue weighted by Crippen LogP contribution is 2.34. The van der Waals surface area contributed by atoms with Crippen LogP contribution in [-0.4, -0.2) is 32.1 Å². The second-order valence-corrected chi connectivity index (χ2v) is 5.49. The van der Waals surface area contributed by atoms with Crippen molar-refractivity contribution in [2.24, 2.45) is 5.92 Å². The van der Waals surface area contributed by atoms with Crippen LogP contribution in [0.3, 0.4) is 0 Å². The number of hydrogen-bond acceptors (Lipinski definition) is 5. The van der Waals surface area contributed by atoms with Crippen molar-refractivity contribution in [3.63, 3.8) is 0 Å². The number of esters is 1. The van der Waals surface area contributed by atoms with E-state index in [-0.39, 0.29) is 18.0 Å². The molecule has 0 spiro atoms. The third-order valence-electron chi connectivity index (χ3n) is 3.95. The van der Waals surface area contributed by atoms with Gasteiger partial charge in [0.05, 0.1) is 13.0 Å². The minimum Gasteiger partial charge on any atom is -0.469 e. The summed E-state index contributed by atoms with van der Waals surface area (Å²) in [5, 5.41) is 0. The number of ether oxygens (including phenoxy) is 2. The standard InChI is InChI=1S/C17H28O5/c1-5-6-7-8-9-10-12-17(20-4)13-11-15(21-22-17)14(2)16(18)19-3/h6-9,14-15H,5,10-13H2,1-4H3/b7-6+,9-8+/t14-,15+,17-/m1/s1. The Labute approximate surface area is 133 Å². The molecule has 0 amide bonds. The summed E-state index contributed by atoms with van der Waals surface area (Å²) in [6, 6.07) is 0. The monoisotopic (exact) mass is 312 g/mol. The van der Waals surface area contributed by atoms with Crippen molar-refractivity contribution < 1.29 is 24.0 Å². The summed E-state index contributed by atoms with van der Waals surface area (Å²) in [7, 11) is 3.00. The normalized spacial score (nSPS) is 27.4. The third kappa shape index (κ3) is 5.55. The fraction of sp³-hybridized carbons (Fsp3) is 0.706. The smallest absolute Gasteiger partial charge is 0.311 e. The fourth-order valence-corrected chi connectivity index (χ4v) is 2.37. The largest absolute Gasteiger partial charge is 0.469 e. The second-order valence-electron chi connectivity index (χ2n) is 5.49. The van der Waals surface area contributed by atoms with Crippen molar-refractivity contribution in [3.05, 3.63) is 24.3 Å². The molecule has 0 saturated carbocycles. The zero-order valence-corrected chi connectivity index (χ0v) is 14.0. The molecule has 0 aromatic rings. The van der Waals surface area contributed by atoms with E-state index in [4.69, 9.17) is 19.2 Å². The zero-order valence-electron chi connectivity index (χ0n) is 14.0. The van der Waals surface area contributed by atoms with Gasteiger partial charge in [-0.05, 0) is 26.2 Å². The first kappa shape index (κ1) is 18.9. The molecular formula is C17H28O5. The van der Waals surface area contributed by atoms with Crippen molar-refractivity contribution in [2.45, 2.75) is 57.8 Å². The van der Waals surface area contributed by atoms with Crippen LogP contribution in [0.4, 0.5) is 0 Å². The Kier molecular flexibility index (Phi) is 8.38. The van der Waals surface area contributed by atoms with Crippen LogP contribution < -0.4 is 0 Å². The van der Waals surface area contributed by atoms with Gasteiger partial charge in [-0.1, -0.05) is 31.2 Å². The van der Waals surface area contributed by atoms with Gasteiger partial charge in [-0.15, -0.1) is 0 Å². The lowest BCUT2D eigenvalue weighted by Gasteiger charge is -2.38. The van der Waals surface area contributed by atoms with Crippen LogP contribution in [0, 0.1) is 5.92 Å². The van der Waals surface area contributed by atoms with E-state index in [2.05, 4.69) is 19.1 Å². The summed E-state index contributed by atoms with van der Waals surface area (Å²) < 4.78 is 10.2. The molecule has 22 heavy (non-hydrogen) atoms. The predicted molar refractivity (Wildman–Crippen MR) is 83.9 cm³/mol. The van der Waals surface area contributed by atoms with Gasteiger partial charge >= 0.3 is 5.97 Å². The van der Waals surface area contributed by atoms with Crippen LogP contribution in [0.2, 0.25) is 0 Å². The van der Waals surface area contributed by atoms with Crippen LogP contribution >= 0.6 is 0 Å². The van der Waals surface area contributed by atoms with Gasteiger partial charge in [0.15, 0.2) is 0 Å². The first-order valence-electron chi connectivity index (χ1n) is 7.87. The Hall–Kier alpha value is -1.17. The SMILES string of the molecule is CC/C=C/C=C/CC[C@]1(OC)CC[C@@H]([C@@H](C)C(=O)OC)OO1. The maximum Gasteiger partial charge on any atom is 0.311 e. The summed E-state index contributed by atoms with van der Waals surface area (Å²) in [5.74, 6) is -1.37. The van der Waals surface area contributed by atoms with Gasteiger partial charge in [0.25, 0.3) is 0 Å². The van der Waals surface area contributed by atoms with E-state index in [0.29, 0.717) is 19.3 Å². The van der Waals surface area contributed by atoms with Crippen molar-refractivity contribution in [1.82, 2.24) is 0 Å². The van der Waals surface area contributed by atoms with Crippen molar-refractivity contribution >= 4 is 5.97 Å². The van der Waals surface area contributed by atoms with Crippen LogP contribution in [0.15, 0.2) is 24.3 Å². The summed E-state index contributed by atoms with van der Waals surface area (Å²) in [5.41, 5.74) is 0. The molecule has 1 fully saturated rings. The highest BCUT2D eigenvalue weighted by Gasteiger charge is 2.41. The molecule has 1 heterocycles. The van der Waals surface area contributed by atoms with Gasteiger partial charge in [0.1, 0.15) is 6.10 Å². The van der Waals surface area contributed by atoms with Crippen LogP contribution in [0.5, 0.6) is 0 Å². The Bertz CT molecular complexity index is 381. The minimum atomic E-state index is -0.731. The molecule has 0 bridgehead atoms. The fourth-order valence-electron chi connectivity index (χ4n) is 2.37. The van der Waals surface area contributed by atoms with E-state index < -0.39 is 5.79 Å². The summed E-state index contributed by atoms with van der Waals surface area (Å²) >= 11 is 0. The van der Waals surface area contributed by atoms with Crippen LogP contribution in [0.1, 0.15) is 46.0 Å². The minimum absolute atomic E-state index is 0.288. The molecule has 3 atom stereocenters. The number of carbonyl (C=O) groups is 1. The molecule has 1 aliphatic rings. The molecule has 0 aliphatic carbocycles. The van der Waals surface area contributed by atoms with Gasteiger partial charge in [0, 0.05) is 20.0 Å². The van der Waals surface area contributed by atoms with Gasteiger partial charge in [-0.2, -0.15) is 0 Å². The first-order valence-corrected chi connectivity index (χ1v) is 7.87. The maximum atomic E-state index is 11.5. The third-order valence-corrected chi connectivity index (χ3v) is 3.95.